The van der Waals surface area contributed by atoms with Gasteiger partial charge in [-0.2, -0.15) is 0 Å². The summed E-state index contributed by atoms with van der Waals surface area (Å²) >= 11 is 0. The third-order valence-corrected chi connectivity index (χ3v) is 3.19. The highest BCUT2D eigenvalue weighted by molar-refractivity contribution is 6.13. The largest absolute Gasteiger partial charge is 0.466 e. The molecular weight excluding hydrogens is 253 g/mol. The number of amides is 1. The van der Waals surface area contributed by atoms with Gasteiger partial charge in [-0.3, -0.25) is 4.79 Å². The van der Waals surface area contributed by atoms with Gasteiger partial charge in [0.05, 0.1) is 18.4 Å². The van der Waals surface area contributed by atoms with Crippen LogP contribution in [0, 0.1) is 5.82 Å². The van der Waals surface area contributed by atoms with Gasteiger partial charge in [0.15, 0.2) is 0 Å². The van der Waals surface area contributed by atoms with Crippen molar-refractivity contribution in [1.29, 1.82) is 0 Å². The first-order valence-corrected chi connectivity index (χ1v) is 5.42. The smallest absolute Gasteiger partial charge is 0.336 e. The molecule has 0 fully saturated rings. The van der Waals surface area contributed by atoms with Crippen molar-refractivity contribution in [2.45, 2.75) is 5.60 Å². The van der Waals surface area contributed by atoms with Crippen molar-refractivity contribution in [2.24, 2.45) is 0 Å². The minimum absolute atomic E-state index is 0.0181. The molecule has 0 aromatic heterocycles. The minimum atomic E-state index is -2.29. The molecule has 0 unspecified atom stereocenters. The van der Waals surface area contributed by atoms with Crippen LogP contribution < -0.4 is 4.90 Å². The lowest BCUT2D eigenvalue weighted by Crippen LogP contribution is -2.42. The van der Waals surface area contributed by atoms with Gasteiger partial charge in [0, 0.05) is 12.6 Å². The number of anilines is 1. The number of rotatable bonds is 2. The second kappa shape index (κ2) is 4.17. The molecule has 1 amide bonds. The first-order valence-electron chi connectivity index (χ1n) is 5.42. The van der Waals surface area contributed by atoms with Crippen LogP contribution >= 0.6 is 0 Å². The number of hydrogen-bond donors (Lipinski definition) is 1. The average Bonchev–Trinajstić information content (AvgIpc) is 2.60. The van der Waals surface area contributed by atoms with Crippen LogP contribution in [0.1, 0.15) is 5.56 Å². The summed E-state index contributed by atoms with van der Waals surface area (Å²) < 4.78 is 17.8. The van der Waals surface area contributed by atoms with E-state index in [4.69, 9.17) is 0 Å². The topological polar surface area (TPSA) is 66.8 Å². The number of methoxy groups -OCH3 is 1. The fourth-order valence-corrected chi connectivity index (χ4v) is 2.12. The van der Waals surface area contributed by atoms with Crippen molar-refractivity contribution in [3.05, 3.63) is 41.7 Å². The summed E-state index contributed by atoms with van der Waals surface area (Å²) in [7, 11) is 2.52. The number of benzene rings is 1. The predicted octanol–water partition coefficient (Wildman–Crippen LogP) is 0.719. The standard InChI is InChI=1S/C13H12FNO4/c1-7(11(16)19-3)13(18)9-6-8(14)4-5-10(9)15(2)12(13)17/h4-6,18H,1H2,2-3H3/t13-/m0/s1. The molecule has 1 aliphatic rings. The van der Waals surface area contributed by atoms with E-state index in [1.165, 1.54) is 13.1 Å². The second-order valence-corrected chi connectivity index (χ2v) is 4.21. The van der Waals surface area contributed by atoms with Crippen molar-refractivity contribution >= 4 is 17.6 Å². The molecule has 0 bridgehead atoms. The summed E-state index contributed by atoms with van der Waals surface area (Å²) in [5, 5.41) is 10.5. The van der Waals surface area contributed by atoms with Crippen molar-refractivity contribution in [2.75, 3.05) is 19.1 Å². The molecule has 100 valence electrons. The van der Waals surface area contributed by atoms with Crippen molar-refractivity contribution < 1.29 is 23.8 Å². The molecule has 0 saturated carbocycles. The molecule has 1 aromatic carbocycles. The maximum atomic E-state index is 13.3. The highest BCUT2D eigenvalue weighted by Crippen LogP contribution is 2.43. The normalized spacial score (nSPS) is 21.3. The summed E-state index contributed by atoms with van der Waals surface area (Å²) in [5.74, 6) is -2.33. The highest BCUT2D eigenvalue weighted by Gasteiger charge is 2.53. The van der Waals surface area contributed by atoms with Gasteiger partial charge in [0.2, 0.25) is 5.60 Å². The quantitative estimate of drug-likeness (QED) is 0.632. The maximum Gasteiger partial charge on any atom is 0.336 e. The van der Waals surface area contributed by atoms with Crippen LogP contribution in [-0.4, -0.2) is 31.1 Å². The Hall–Kier alpha value is -2.21. The number of hydrogen-bond acceptors (Lipinski definition) is 4. The Morgan fingerprint density at radius 2 is 2.16 bits per heavy atom. The van der Waals surface area contributed by atoms with Crippen LogP contribution in [0.5, 0.6) is 0 Å². The molecule has 1 aromatic rings. The molecule has 19 heavy (non-hydrogen) atoms. The molecule has 0 spiro atoms. The zero-order valence-electron chi connectivity index (χ0n) is 10.4. The highest BCUT2D eigenvalue weighted by atomic mass is 19.1. The van der Waals surface area contributed by atoms with Crippen molar-refractivity contribution in [1.82, 2.24) is 0 Å². The third kappa shape index (κ3) is 1.64. The van der Waals surface area contributed by atoms with E-state index in [-0.39, 0.29) is 5.56 Å². The van der Waals surface area contributed by atoms with E-state index in [9.17, 15) is 19.1 Å². The van der Waals surface area contributed by atoms with Crippen LogP contribution in [-0.2, 0) is 19.9 Å². The van der Waals surface area contributed by atoms with E-state index in [0.717, 1.165) is 24.1 Å². The Labute approximate surface area is 108 Å². The van der Waals surface area contributed by atoms with Gasteiger partial charge in [-0.25, -0.2) is 9.18 Å². The number of carbonyl (C=O) groups is 2. The minimum Gasteiger partial charge on any atom is -0.466 e. The van der Waals surface area contributed by atoms with Crippen molar-refractivity contribution in [3.8, 4) is 0 Å². The van der Waals surface area contributed by atoms with Gasteiger partial charge in [-0.05, 0) is 18.2 Å². The van der Waals surface area contributed by atoms with Crippen molar-refractivity contribution in [3.63, 3.8) is 0 Å². The Bertz CT molecular complexity index is 598. The number of carbonyl (C=O) groups excluding carboxylic acids is 2. The molecule has 0 saturated heterocycles. The molecule has 1 atom stereocenters. The number of likely N-dealkylation sites (N-methyl/N-ethyl adjacent to an activating group) is 1. The fourth-order valence-electron chi connectivity index (χ4n) is 2.12. The lowest BCUT2D eigenvalue weighted by molar-refractivity contribution is -0.144. The molecule has 1 aliphatic heterocycles. The Morgan fingerprint density at radius 1 is 1.53 bits per heavy atom. The van der Waals surface area contributed by atoms with E-state index >= 15 is 0 Å². The van der Waals surface area contributed by atoms with E-state index in [0.29, 0.717) is 5.69 Å². The van der Waals surface area contributed by atoms with E-state index in [1.54, 1.807) is 0 Å². The van der Waals surface area contributed by atoms with Crippen LogP contribution in [0.3, 0.4) is 0 Å². The average molecular weight is 265 g/mol. The second-order valence-electron chi connectivity index (χ2n) is 4.21. The first-order chi connectivity index (χ1) is 8.83. The van der Waals surface area contributed by atoms with E-state index < -0.39 is 28.9 Å². The number of nitrogens with zero attached hydrogens (tertiary/aromatic N) is 1. The summed E-state index contributed by atoms with van der Waals surface area (Å²) in [6.07, 6.45) is 0. The Morgan fingerprint density at radius 3 is 2.74 bits per heavy atom. The van der Waals surface area contributed by atoms with E-state index in [1.807, 2.05) is 0 Å². The maximum absolute atomic E-state index is 13.3. The fraction of sp³-hybridized carbons (Fsp3) is 0.231. The molecule has 5 nitrogen and oxygen atoms in total. The molecule has 1 N–H and O–H groups in total. The van der Waals surface area contributed by atoms with Gasteiger partial charge in [-0.1, -0.05) is 6.58 Å². The molecule has 0 radical (unpaired) electrons. The zero-order chi connectivity index (χ0) is 14.4. The molecule has 6 heteroatoms. The zero-order valence-corrected chi connectivity index (χ0v) is 10.4. The van der Waals surface area contributed by atoms with Gasteiger partial charge >= 0.3 is 5.97 Å². The van der Waals surface area contributed by atoms with Crippen LogP contribution in [0.25, 0.3) is 0 Å². The lowest BCUT2D eigenvalue weighted by atomic mass is 9.88. The van der Waals surface area contributed by atoms with Gasteiger partial charge in [0.25, 0.3) is 5.91 Å². The summed E-state index contributed by atoms with van der Waals surface area (Å²) in [4.78, 5) is 24.8. The number of halogens is 1. The van der Waals surface area contributed by atoms with Crippen LogP contribution in [0.2, 0.25) is 0 Å². The summed E-state index contributed by atoms with van der Waals surface area (Å²) in [6.45, 7) is 3.40. The van der Waals surface area contributed by atoms with Crippen LogP contribution in [0.15, 0.2) is 30.4 Å². The number of fused-ring (bicyclic) bond motifs is 1. The van der Waals surface area contributed by atoms with Gasteiger partial charge < -0.3 is 14.7 Å². The Balaban J connectivity index is 2.65. The Kier molecular flexibility index (Phi) is 2.90. The SMILES string of the molecule is C=C(C(=O)OC)[C@@]1(O)C(=O)N(C)c2ccc(F)cc21. The van der Waals surface area contributed by atoms with Gasteiger partial charge in [-0.15, -0.1) is 0 Å². The summed E-state index contributed by atoms with van der Waals surface area (Å²) in [6, 6.07) is 3.52. The number of ether oxygens (including phenoxy) is 1. The summed E-state index contributed by atoms with van der Waals surface area (Å²) in [5.41, 5.74) is -2.44. The first kappa shape index (κ1) is 13.2. The molecule has 0 aliphatic carbocycles. The monoisotopic (exact) mass is 265 g/mol. The molecular formula is C13H12FNO4. The van der Waals surface area contributed by atoms with Crippen LogP contribution in [0.4, 0.5) is 10.1 Å². The van der Waals surface area contributed by atoms with Gasteiger partial charge in [0.1, 0.15) is 5.82 Å². The lowest BCUT2D eigenvalue weighted by Gasteiger charge is -2.22. The molecule has 2 rings (SSSR count). The number of esters is 1. The third-order valence-electron chi connectivity index (χ3n) is 3.19. The molecule has 1 heterocycles. The van der Waals surface area contributed by atoms with E-state index in [2.05, 4.69) is 11.3 Å². The number of aliphatic hydroxyl groups is 1. The predicted molar refractivity (Wildman–Crippen MR) is 64.9 cm³/mol.